The van der Waals surface area contributed by atoms with Crippen LogP contribution in [-0.2, 0) is 6.54 Å². The summed E-state index contributed by atoms with van der Waals surface area (Å²) in [5, 5.41) is 7.65. The first-order valence-electron chi connectivity index (χ1n) is 8.11. The number of aryl methyl sites for hydroxylation is 2. The lowest BCUT2D eigenvalue weighted by molar-refractivity contribution is 0.102. The number of anilines is 1. The Bertz CT molecular complexity index is 930. The Morgan fingerprint density at radius 1 is 1.08 bits per heavy atom. The quantitative estimate of drug-likeness (QED) is 0.592. The van der Waals surface area contributed by atoms with Crippen LogP contribution in [0.1, 0.15) is 32.9 Å². The summed E-state index contributed by atoms with van der Waals surface area (Å²) in [5.74, 6) is -0.105. The van der Waals surface area contributed by atoms with Gasteiger partial charge in [0.1, 0.15) is 0 Å². The molecule has 25 heavy (non-hydrogen) atoms. The lowest BCUT2D eigenvalue weighted by atomic mass is 10.1. The molecule has 0 atom stereocenters. The van der Waals surface area contributed by atoms with Crippen molar-refractivity contribution in [1.82, 2.24) is 9.78 Å². The van der Waals surface area contributed by atoms with E-state index in [4.69, 9.17) is 0 Å². The molecule has 4 nitrogen and oxygen atoms in total. The molecule has 0 spiro atoms. The van der Waals surface area contributed by atoms with Gasteiger partial charge in [-0.05, 0) is 66.6 Å². The van der Waals surface area contributed by atoms with Gasteiger partial charge in [-0.25, -0.2) is 0 Å². The zero-order valence-electron chi connectivity index (χ0n) is 14.5. The predicted octanol–water partition coefficient (Wildman–Crippen LogP) is 4.71. The first-order chi connectivity index (χ1) is 12.0. The molecule has 0 unspecified atom stereocenters. The Balaban J connectivity index is 1.86. The molecule has 0 bridgehead atoms. The molecule has 1 N–H and O–H groups in total. The molecular weight excluding hydrogens is 425 g/mol. The van der Waals surface area contributed by atoms with Gasteiger partial charge < -0.3 is 5.32 Å². The highest BCUT2D eigenvalue weighted by Gasteiger charge is 2.17. The monoisotopic (exact) mass is 445 g/mol. The maximum absolute atomic E-state index is 12.6. The smallest absolute Gasteiger partial charge is 0.256 e. The van der Waals surface area contributed by atoms with E-state index in [2.05, 4.69) is 52.1 Å². The van der Waals surface area contributed by atoms with Crippen molar-refractivity contribution in [2.75, 3.05) is 5.32 Å². The van der Waals surface area contributed by atoms with Gasteiger partial charge in [-0.1, -0.05) is 36.4 Å². The number of amides is 1. The van der Waals surface area contributed by atoms with E-state index < -0.39 is 0 Å². The van der Waals surface area contributed by atoms with E-state index in [1.165, 1.54) is 11.1 Å². The summed E-state index contributed by atoms with van der Waals surface area (Å²) in [6.45, 7) is 6.70. The van der Waals surface area contributed by atoms with E-state index >= 15 is 0 Å². The van der Waals surface area contributed by atoms with Gasteiger partial charge in [-0.15, -0.1) is 0 Å². The summed E-state index contributed by atoms with van der Waals surface area (Å²) in [7, 11) is 0. The van der Waals surface area contributed by atoms with Crippen molar-refractivity contribution in [3.63, 3.8) is 0 Å². The minimum absolute atomic E-state index is 0.105. The Labute approximate surface area is 161 Å². The second-order valence-electron chi connectivity index (χ2n) is 6.06. The molecule has 2 aromatic carbocycles. The van der Waals surface area contributed by atoms with Gasteiger partial charge >= 0.3 is 0 Å². The van der Waals surface area contributed by atoms with Gasteiger partial charge in [0.05, 0.1) is 29.2 Å². The van der Waals surface area contributed by atoms with Gasteiger partial charge in [-0.3, -0.25) is 9.48 Å². The lowest BCUT2D eigenvalue weighted by Gasteiger charge is -2.09. The molecule has 0 aliphatic carbocycles. The van der Waals surface area contributed by atoms with E-state index in [0.29, 0.717) is 12.1 Å². The molecule has 0 aliphatic rings. The Morgan fingerprint density at radius 3 is 2.48 bits per heavy atom. The molecule has 0 saturated carbocycles. The number of halogens is 1. The van der Waals surface area contributed by atoms with Crippen LogP contribution in [0, 0.1) is 24.3 Å². The molecule has 0 saturated heterocycles. The maximum Gasteiger partial charge on any atom is 0.256 e. The van der Waals surface area contributed by atoms with E-state index in [1.54, 1.807) is 0 Å². The summed E-state index contributed by atoms with van der Waals surface area (Å²) in [6, 6.07) is 15.8. The van der Waals surface area contributed by atoms with Crippen LogP contribution in [-0.4, -0.2) is 15.7 Å². The third kappa shape index (κ3) is 3.76. The highest BCUT2D eigenvalue weighted by Crippen LogP contribution is 2.23. The van der Waals surface area contributed by atoms with Gasteiger partial charge in [0.15, 0.2) is 0 Å². The van der Waals surface area contributed by atoms with Crippen LogP contribution in [0.25, 0.3) is 0 Å². The fourth-order valence-corrected chi connectivity index (χ4v) is 3.44. The van der Waals surface area contributed by atoms with E-state index in [1.807, 2.05) is 54.9 Å². The number of carbonyl (C=O) groups excluding carboxylic acids is 1. The van der Waals surface area contributed by atoms with Crippen LogP contribution in [0.4, 0.5) is 5.69 Å². The number of nitrogens with zero attached hydrogens (tertiary/aromatic N) is 2. The number of nitrogens with one attached hydrogen (secondary N) is 1. The molecule has 0 aliphatic heterocycles. The van der Waals surface area contributed by atoms with Crippen LogP contribution in [0.15, 0.2) is 48.5 Å². The van der Waals surface area contributed by atoms with Crippen molar-refractivity contribution < 1.29 is 4.79 Å². The Kier molecular flexibility index (Phi) is 5.22. The minimum Gasteiger partial charge on any atom is -0.319 e. The molecule has 128 valence electrons. The molecule has 5 heteroatoms. The first kappa shape index (κ1) is 17.7. The Hall–Kier alpha value is -2.15. The highest BCUT2D eigenvalue weighted by atomic mass is 127. The second kappa shape index (κ2) is 7.39. The molecule has 1 amide bonds. The number of aromatic nitrogens is 2. The van der Waals surface area contributed by atoms with E-state index in [9.17, 15) is 4.79 Å². The number of benzene rings is 2. The van der Waals surface area contributed by atoms with Gasteiger partial charge in [0, 0.05) is 3.57 Å². The first-order valence-corrected chi connectivity index (χ1v) is 9.19. The third-order valence-electron chi connectivity index (χ3n) is 4.32. The van der Waals surface area contributed by atoms with E-state index in [-0.39, 0.29) is 5.91 Å². The van der Waals surface area contributed by atoms with Crippen molar-refractivity contribution in [3.05, 3.63) is 80.2 Å². The zero-order chi connectivity index (χ0) is 18.0. The normalized spacial score (nSPS) is 10.7. The van der Waals surface area contributed by atoms with Gasteiger partial charge in [0.25, 0.3) is 5.91 Å². The molecule has 3 rings (SSSR count). The van der Waals surface area contributed by atoms with Crippen molar-refractivity contribution >= 4 is 34.2 Å². The van der Waals surface area contributed by atoms with Crippen molar-refractivity contribution in [1.29, 1.82) is 0 Å². The highest BCUT2D eigenvalue weighted by molar-refractivity contribution is 14.1. The average Bonchev–Trinajstić information content (AvgIpc) is 2.85. The fraction of sp³-hybridized carbons (Fsp3) is 0.200. The molecule has 0 radical (unpaired) electrons. The van der Waals surface area contributed by atoms with Crippen LogP contribution in [0.3, 0.4) is 0 Å². The zero-order valence-corrected chi connectivity index (χ0v) is 16.7. The molecule has 3 aromatic rings. The summed E-state index contributed by atoms with van der Waals surface area (Å²) < 4.78 is 2.88. The Morgan fingerprint density at radius 2 is 1.76 bits per heavy atom. The summed E-state index contributed by atoms with van der Waals surface area (Å²) in [4.78, 5) is 12.6. The van der Waals surface area contributed by atoms with E-state index in [0.717, 1.165) is 20.6 Å². The average molecular weight is 445 g/mol. The third-order valence-corrected chi connectivity index (χ3v) is 5.26. The molecule has 1 aromatic heterocycles. The fourth-order valence-electron chi connectivity index (χ4n) is 2.81. The van der Waals surface area contributed by atoms with Crippen LogP contribution in [0.2, 0.25) is 0 Å². The number of carbonyl (C=O) groups is 1. The number of rotatable bonds is 4. The van der Waals surface area contributed by atoms with Crippen LogP contribution in [0.5, 0.6) is 0 Å². The lowest BCUT2D eigenvalue weighted by Crippen LogP contribution is -2.14. The molecular formula is C20H20IN3O. The van der Waals surface area contributed by atoms with Crippen LogP contribution < -0.4 is 5.32 Å². The molecule has 0 fully saturated rings. The van der Waals surface area contributed by atoms with Crippen molar-refractivity contribution in [2.24, 2.45) is 0 Å². The van der Waals surface area contributed by atoms with Gasteiger partial charge in [-0.2, -0.15) is 5.10 Å². The number of hydrogen-bond acceptors (Lipinski definition) is 2. The topological polar surface area (TPSA) is 46.9 Å². The molecule has 1 heterocycles. The predicted molar refractivity (Wildman–Crippen MR) is 109 cm³/mol. The maximum atomic E-state index is 12.6. The number of hydrogen-bond donors (Lipinski definition) is 1. The standard InChI is InChI=1S/C20H20IN3O/c1-13-8-4-5-9-16(13)12-24-15(3)19(14(2)23-24)22-20(25)17-10-6-7-11-18(17)21/h4-11H,12H2,1-3H3,(H,22,25). The largest absolute Gasteiger partial charge is 0.319 e. The van der Waals surface area contributed by atoms with Crippen molar-refractivity contribution in [2.45, 2.75) is 27.3 Å². The van der Waals surface area contributed by atoms with Crippen molar-refractivity contribution in [3.8, 4) is 0 Å². The SMILES string of the molecule is Cc1ccccc1Cn1nc(C)c(NC(=O)c2ccccc2I)c1C. The summed E-state index contributed by atoms with van der Waals surface area (Å²) >= 11 is 2.18. The minimum atomic E-state index is -0.105. The van der Waals surface area contributed by atoms with Crippen LogP contribution >= 0.6 is 22.6 Å². The second-order valence-corrected chi connectivity index (χ2v) is 7.23. The summed E-state index contributed by atoms with van der Waals surface area (Å²) in [5.41, 5.74) is 5.71. The summed E-state index contributed by atoms with van der Waals surface area (Å²) in [6.07, 6.45) is 0. The van der Waals surface area contributed by atoms with Gasteiger partial charge in [0.2, 0.25) is 0 Å².